The molecule has 1 fully saturated rings. The summed E-state index contributed by atoms with van der Waals surface area (Å²) in [6.07, 6.45) is 1.41. The van der Waals surface area contributed by atoms with Crippen molar-refractivity contribution in [3.63, 3.8) is 0 Å². The van der Waals surface area contributed by atoms with Gasteiger partial charge < -0.3 is 19.7 Å². The van der Waals surface area contributed by atoms with E-state index in [2.05, 4.69) is 0 Å². The van der Waals surface area contributed by atoms with E-state index in [1.807, 2.05) is 22.6 Å². The summed E-state index contributed by atoms with van der Waals surface area (Å²) in [5, 5.41) is 19.1. The Bertz CT molecular complexity index is 577. The Morgan fingerprint density at radius 3 is 2.50 bits per heavy atom. The van der Waals surface area contributed by atoms with Crippen molar-refractivity contribution in [3.05, 3.63) is 20.8 Å². The number of carbonyl (C=O) groups is 2. The lowest BCUT2D eigenvalue weighted by Crippen LogP contribution is -2.37. The molecule has 0 spiro atoms. The predicted octanol–water partition coefficient (Wildman–Crippen LogP) is 2.72. The molecule has 22 heavy (non-hydrogen) atoms. The van der Waals surface area contributed by atoms with Crippen molar-refractivity contribution in [3.8, 4) is 0 Å². The number of carboxylic acids is 2. The fourth-order valence-electron chi connectivity index (χ4n) is 2.96. The summed E-state index contributed by atoms with van der Waals surface area (Å²) in [5.41, 5.74) is -0.466. The Hall–Kier alpha value is -0.930. The van der Waals surface area contributed by atoms with E-state index in [4.69, 9.17) is 9.47 Å². The van der Waals surface area contributed by atoms with Gasteiger partial charge in [-0.3, -0.25) is 4.79 Å². The lowest BCUT2D eigenvalue weighted by Gasteiger charge is -2.33. The van der Waals surface area contributed by atoms with Crippen molar-refractivity contribution < 1.29 is 29.3 Å². The number of hydrogen-bond donors (Lipinski definition) is 2. The summed E-state index contributed by atoms with van der Waals surface area (Å²) in [4.78, 5) is 23.3. The van der Waals surface area contributed by atoms with Gasteiger partial charge in [0, 0.05) is 10.0 Å². The number of hydrogen-bond acceptors (Lipinski definition) is 4. The first-order valence-corrected chi connectivity index (χ1v) is 8.01. The fourth-order valence-corrected chi connectivity index (χ4v) is 3.53. The lowest BCUT2D eigenvalue weighted by atomic mass is 9.72. The van der Waals surface area contributed by atoms with Crippen LogP contribution in [0, 0.1) is 5.41 Å². The van der Waals surface area contributed by atoms with Crippen LogP contribution >= 0.6 is 22.6 Å². The van der Waals surface area contributed by atoms with E-state index >= 15 is 0 Å². The molecule has 2 rings (SSSR count). The van der Waals surface area contributed by atoms with Crippen LogP contribution in [0.1, 0.15) is 33.6 Å². The minimum Gasteiger partial charge on any atom is -0.481 e. The third-order valence-electron chi connectivity index (χ3n) is 3.94. The molecule has 0 saturated carbocycles. The molecule has 1 aliphatic carbocycles. The van der Waals surface area contributed by atoms with Crippen LogP contribution in [0.25, 0.3) is 0 Å². The molecule has 122 valence electrons. The maximum absolute atomic E-state index is 11.9. The zero-order valence-corrected chi connectivity index (χ0v) is 14.8. The van der Waals surface area contributed by atoms with Gasteiger partial charge in [-0.2, -0.15) is 0 Å². The van der Waals surface area contributed by atoms with E-state index in [1.165, 1.54) is 0 Å². The van der Waals surface area contributed by atoms with E-state index in [9.17, 15) is 19.8 Å². The molecule has 0 aromatic rings. The van der Waals surface area contributed by atoms with Gasteiger partial charge in [0.05, 0.1) is 23.7 Å². The Labute approximate surface area is 142 Å². The van der Waals surface area contributed by atoms with Gasteiger partial charge in [-0.25, -0.2) is 4.79 Å². The minimum absolute atomic E-state index is 0.0480. The van der Waals surface area contributed by atoms with Gasteiger partial charge in [0.15, 0.2) is 5.79 Å². The number of aliphatic carboxylic acids is 2. The molecule has 2 aliphatic rings. The molecule has 0 radical (unpaired) electrons. The Kier molecular flexibility index (Phi) is 4.70. The van der Waals surface area contributed by atoms with Crippen molar-refractivity contribution in [2.45, 2.75) is 45.5 Å². The van der Waals surface area contributed by atoms with Gasteiger partial charge in [-0.05, 0) is 55.4 Å². The van der Waals surface area contributed by atoms with E-state index in [1.54, 1.807) is 26.8 Å². The van der Waals surface area contributed by atoms with Gasteiger partial charge in [0.25, 0.3) is 0 Å². The van der Waals surface area contributed by atoms with Crippen LogP contribution in [0.3, 0.4) is 0 Å². The molecule has 2 atom stereocenters. The van der Waals surface area contributed by atoms with Gasteiger partial charge in [0.1, 0.15) is 0 Å². The first-order valence-electron chi connectivity index (χ1n) is 6.93. The SMILES string of the molecule is CC1=CC(C[C@@H]2COC(C)(C)O2)(C(=O)O)CC(C(=O)O)=C1I. The molecular formula is C15H19IO6. The summed E-state index contributed by atoms with van der Waals surface area (Å²) in [6.45, 7) is 5.58. The number of ether oxygens (including phenoxy) is 2. The van der Waals surface area contributed by atoms with Crippen molar-refractivity contribution in [1.82, 2.24) is 0 Å². The lowest BCUT2D eigenvalue weighted by molar-refractivity contribution is -0.154. The summed E-state index contributed by atoms with van der Waals surface area (Å²) in [6, 6.07) is 0. The average molecular weight is 422 g/mol. The quantitative estimate of drug-likeness (QED) is 0.677. The van der Waals surface area contributed by atoms with Crippen molar-refractivity contribution in [1.29, 1.82) is 0 Å². The first-order chi connectivity index (χ1) is 10.1. The molecule has 0 amide bonds. The van der Waals surface area contributed by atoms with E-state index in [0.717, 1.165) is 0 Å². The number of allylic oxidation sites excluding steroid dienone is 2. The van der Waals surface area contributed by atoms with Crippen LogP contribution in [0.5, 0.6) is 0 Å². The van der Waals surface area contributed by atoms with Crippen LogP contribution in [0.15, 0.2) is 20.8 Å². The van der Waals surface area contributed by atoms with Crippen LogP contribution in [-0.2, 0) is 19.1 Å². The van der Waals surface area contributed by atoms with Crippen LogP contribution < -0.4 is 0 Å². The highest BCUT2D eigenvalue weighted by Gasteiger charge is 2.46. The van der Waals surface area contributed by atoms with Crippen LogP contribution in [0.4, 0.5) is 0 Å². The van der Waals surface area contributed by atoms with Crippen LogP contribution in [0.2, 0.25) is 0 Å². The monoisotopic (exact) mass is 422 g/mol. The average Bonchev–Trinajstić information content (AvgIpc) is 2.72. The standard InChI is InChI=1S/C15H19IO6/c1-8-4-15(13(19)20,6-10(11(8)16)12(17)18)5-9-7-21-14(2,3)22-9/h4,9H,5-7H2,1-3H3,(H,17,18)(H,19,20)/t9-,15?/m1/s1. The molecule has 7 heteroatoms. The Balaban J connectivity index is 2.32. The summed E-state index contributed by atoms with van der Waals surface area (Å²) in [5.74, 6) is -2.85. The maximum atomic E-state index is 11.9. The second kappa shape index (κ2) is 5.93. The van der Waals surface area contributed by atoms with Crippen LogP contribution in [-0.4, -0.2) is 40.6 Å². The molecule has 1 saturated heterocycles. The van der Waals surface area contributed by atoms with Gasteiger partial charge in [-0.15, -0.1) is 0 Å². The van der Waals surface area contributed by atoms with Gasteiger partial charge in [-0.1, -0.05) is 6.08 Å². The highest BCUT2D eigenvalue weighted by Crippen LogP contribution is 2.45. The predicted molar refractivity (Wildman–Crippen MR) is 86.6 cm³/mol. The smallest absolute Gasteiger partial charge is 0.332 e. The first kappa shape index (κ1) is 17.4. The normalized spacial score (nSPS) is 31.1. The Morgan fingerprint density at radius 1 is 1.41 bits per heavy atom. The molecule has 1 heterocycles. The van der Waals surface area contributed by atoms with E-state index in [0.29, 0.717) is 15.8 Å². The number of halogens is 1. The topological polar surface area (TPSA) is 93.1 Å². The molecule has 2 N–H and O–H groups in total. The Morgan fingerprint density at radius 2 is 2.05 bits per heavy atom. The third-order valence-corrected chi connectivity index (χ3v) is 5.44. The fraction of sp³-hybridized carbons (Fsp3) is 0.600. The molecule has 0 aromatic carbocycles. The van der Waals surface area contributed by atoms with E-state index < -0.39 is 23.1 Å². The highest BCUT2D eigenvalue weighted by atomic mass is 127. The molecule has 0 aromatic heterocycles. The second-order valence-electron chi connectivity index (χ2n) is 6.22. The summed E-state index contributed by atoms with van der Waals surface area (Å²) in [7, 11) is 0. The molecule has 0 bridgehead atoms. The van der Waals surface area contributed by atoms with Crippen molar-refractivity contribution in [2.75, 3.05) is 6.61 Å². The molecule has 1 unspecified atom stereocenters. The van der Waals surface area contributed by atoms with E-state index in [-0.39, 0.29) is 24.5 Å². The molecule has 6 nitrogen and oxygen atoms in total. The summed E-state index contributed by atoms with van der Waals surface area (Å²) < 4.78 is 11.8. The maximum Gasteiger partial charge on any atom is 0.332 e. The number of rotatable bonds is 4. The zero-order chi connectivity index (χ0) is 16.7. The van der Waals surface area contributed by atoms with Crippen molar-refractivity contribution >= 4 is 34.5 Å². The minimum atomic E-state index is -1.28. The van der Waals surface area contributed by atoms with Gasteiger partial charge >= 0.3 is 11.9 Å². The van der Waals surface area contributed by atoms with Crippen molar-refractivity contribution in [2.24, 2.45) is 5.41 Å². The second-order valence-corrected chi connectivity index (χ2v) is 7.30. The highest BCUT2D eigenvalue weighted by molar-refractivity contribution is 14.1. The largest absolute Gasteiger partial charge is 0.481 e. The molecule has 1 aliphatic heterocycles. The third kappa shape index (κ3) is 3.36. The summed E-state index contributed by atoms with van der Waals surface area (Å²) >= 11 is 1.95. The number of carboxylic acid groups (broad SMARTS) is 2. The van der Waals surface area contributed by atoms with Gasteiger partial charge in [0.2, 0.25) is 0 Å². The zero-order valence-electron chi connectivity index (χ0n) is 12.7. The molecular weight excluding hydrogens is 403 g/mol.